The Morgan fingerprint density at radius 1 is 1.32 bits per heavy atom. The normalized spacial score (nSPS) is 11.4. The first-order chi connectivity index (χ1) is 8.99. The summed E-state index contributed by atoms with van der Waals surface area (Å²) in [6.45, 7) is 0.426. The molecule has 2 aromatic heterocycles. The van der Waals surface area contributed by atoms with E-state index in [-0.39, 0.29) is 11.8 Å². The van der Waals surface area contributed by atoms with Crippen molar-refractivity contribution in [3.05, 3.63) is 34.2 Å². The average molecular weight is 288 g/mol. The van der Waals surface area contributed by atoms with Crippen LogP contribution in [-0.2, 0) is 12.7 Å². The maximum absolute atomic E-state index is 12.7. The van der Waals surface area contributed by atoms with Gasteiger partial charge < -0.3 is 10.6 Å². The number of halogens is 3. The highest BCUT2D eigenvalue weighted by molar-refractivity contribution is 7.09. The SMILES string of the molecule is CNc1nc(NCc2cccs2)cc(C(F)(F)F)n1. The highest BCUT2D eigenvalue weighted by Gasteiger charge is 2.33. The van der Waals surface area contributed by atoms with Crippen LogP contribution in [0.2, 0.25) is 0 Å². The first kappa shape index (κ1) is 13.6. The van der Waals surface area contributed by atoms with E-state index < -0.39 is 11.9 Å². The van der Waals surface area contributed by atoms with Crippen LogP contribution in [-0.4, -0.2) is 17.0 Å². The molecule has 0 unspecified atom stereocenters. The van der Waals surface area contributed by atoms with Gasteiger partial charge in [0.25, 0.3) is 0 Å². The van der Waals surface area contributed by atoms with E-state index in [1.807, 2.05) is 17.5 Å². The molecular weight excluding hydrogens is 277 g/mol. The van der Waals surface area contributed by atoms with Crippen molar-refractivity contribution < 1.29 is 13.2 Å². The second kappa shape index (κ2) is 5.43. The first-order valence-electron chi connectivity index (χ1n) is 5.39. The summed E-state index contributed by atoms with van der Waals surface area (Å²) < 4.78 is 38.0. The molecule has 0 saturated carbocycles. The minimum Gasteiger partial charge on any atom is -0.365 e. The Balaban J connectivity index is 2.19. The van der Waals surface area contributed by atoms with Gasteiger partial charge in [-0.25, -0.2) is 4.98 Å². The number of rotatable bonds is 4. The van der Waals surface area contributed by atoms with E-state index in [2.05, 4.69) is 20.6 Å². The summed E-state index contributed by atoms with van der Waals surface area (Å²) in [5.41, 5.74) is -0.972. The molecule has 0 radical (unpaired) electrons. The third-order valence-corrected chi connectivity index (χ3v) is 3.14. The first-order valence-corrected chi connectivity index (χ1v) is 6.27. The van der Waals surface area contributed by atoms with Crippen LogP contribution in [0.5, 0.6) is 0 Å². The molecule has 2 rings (SSSR count). The fraction of sp³-hybridized carbons (Fsp3) is 0.273. The summed E-state index contributed by atoms with van der Waals surface area (Å²) in [5, 5.41) is 7.27. The van der Waals surface area contributed by atoms with E-state index in [1.54, 1.807) is 0 Å². The zero-order chi connectivity index (χ0) is 13.9. The maximum atomic E-state index is 12.7. The van der Waals surface area contributed by atoms with Crippen LogP contribution in [0.1, 0.15) is 10.6 Å². The predicted octanol–water partition coefficient (Wildman–Crippen LogP) is 3.21. The van der Waals surface area contributed by atoms with E-state index in [1.165, 1.54) is 18.4 Å². The molecule has 0 aromatic carbocycles. The lowest BCUT2D eigenvalue weighted by Gasteiger charge is -2.11. The van der Waals surface area contributed by atoms with Crippen LogP contribution in [0.4, 0.5) is 24.9 Å². The van der Waals surface area contributed by atoms with Gasteiger partial charge in [0.2, 0.25) is 5.95 Å². The molecule has 4 nitrogen and oxygen atoms in total. The highest BCUT2D eigenvalue weighted by Crippen LogP contribution is 2.29. The van der Waals surface area contributed by atoms with Crippen molar-refractivity contribution in [2.24, 2.45) is 0 Å². The molecule has 0 amide bonds. The van der Waals surface area contributed by atoms with Gasteiger partial charge in [-0.1, -0.05) is 6.07 Å². The maximum Gasteiger partial charge on any atom is 0.433 e. The molecule has 2 aromatic rings. The van der Waals surface area contributed by atoms with Gasteiger partial charge in [-0.05, 0) is 11.4 Å². The molecule has 0 spiro atoms. The van der Waals surface area contributed by atoms with Crippen molar-refractivity contribution in [2.45, 2.75) is 12.7 Å². The summed E-state index contributed by atoms with van der Waals surface area (Å²) in [7, 11) is 1.47. The molecule has 2 heterocycles. The standard InChI is InChI=1S/C11H11F3N4S/c1-15-10-17-8(11(12,13)14)5-9(18-10)16-6-7-3-2-4-19-7/h2-5H,6H2,1H3,(H2,15,16,17,18). The summed E-state index contributed by atoms with van der Waals surface area (Å²) in [4.78, 5) is 8.33. The average Bonchev–Trinajstić information content (AvgIpc) is 2.88. The van der Waals surface area contributed by atoms with Gasteiger partial charge >= 0.3 is 6.18 Å². The summed E-state index contributed by atoms with van der Waals surface area (Å²) in [6.07, 6.45) is -4.49. The van der Waals surface area contributed by atoms with E-state index in [0.29, 0.717) is 6.54 Å². The molecule has 2 N–H and O–H groups in total. The third-order valence-electron chi connectivity index (χ3n) is 2.26. The van der Waals surface area contributed by atoms with Crippen molar-refractivity contribution >= 4 is 23.1 Å². The van der Waals surface area contributed by atoms with Crippen LogP contribution >= 0.6 is 11.3 Å². The number of aromatic nitrogens is 2. The number of nitrogens with one attached hydrogen (secondary N) is 2. The molecule has 0 aliphatic carbocycles. The van der Waals surface area contributed by atoms with E-state index in [9.17, 15) is 13.2 Å². The molecule has 0 saturated heterocycles. The number of hydrogen-bond donors (Lipinski definition) is 2. The molecule has 19 heavy (non-hydrogen) atoms. The zero-order valence-electron chi connectivity index (χ0n) is 9.95. The molecule has 0 fully saturated rings. The number of hydrogen-bond acceptors (Lipinski definition) is 5. The Bertz CT molecular complexity index is 539. The Hall–Kier alpha value is -1.83. The molecular formula is C11H11F3N4S. The Morgan fingerprint density at radius 3 is 2.68 bits per heavy atom. The number of anilines is 2. The van der Waals surface area contributed by atoms with Crippen LogP contribution in [0.3, 0.4) is 0 Å². The minimum atomic E-state index is -4.49. The van der Waals surface area contributed by atoms with Crippen molar-refractivity contribution in [1.82, 2.24) is 9.97 Å². The quantitative estimate of drug-likeness (QED) is 0.907. The Labute approximate surface area is 111 Å². The largest absolute Gasteiger partial charge is 0.433 e. The van der Waals surface area contributed by atoms with E-state index >= 15 is 0 Å². The van der Waals surface area contributed by atoms with Crippen LogP contribution in [0, 0.1) is 0 Å². The van der Waals surface area contributed by atoms with Gasteiger partial charge in [0, 0.05) is 18.0 Å². The molecule has 0 bridgehead atoms. The summed E-state index contributed by atoms with van der Waals surface area (Å²) in [6, 6.07) is 4.67. The molecule has 0 aliphatic heterocycles. The van der Waals surface area contributed by atoms with Crippen LogP contribution in [0.15, 0.2) is 23.6 Å². The monoisotopic (exact) mass is 288 g/mol. The lowest BCUT2D eigenvalue weighted by atomic mass is 10.3. The third kappa shape index (κ3) is 3.57. The Kier molecular flexibility index (Phi) is 3.89. The topological polar surface area (TPSA) is 49.8 Å². The fourth-order valence-electron chi connectivity index (χ4n) is 1.39. The second-order valence-corrected chi connectivity index (χ2v) is 4.67. The molecule has 8 heteroatoms. The van der Waals surface area contributed by atoms with Crippen molar-refractivity contribution in [3.63, 3.8) is 0 Å². The number of nitrogens with zero attached hydrogens (tertiary/aromatic N) is 2. The van der Waals surface area contributed by atoms with Crippen molar-refractivity contribution in [2.75, 3.05) is 17.7 Å². The molecule has 102 valence electrons. The second-order valence-electron chi connectivity index (χ2n) is 3.64. The smallest absolute Gasteiger partial charge is 0.365 e. The van der Waals surface area contributed by atoms with Gasteiger partial charge in [-0.3, -0.25) is 0 Å². The molecule has 0 atom stereocenters. The summed E-state index contributed by atoms with van der Waals surface area (Å²) >= 11 is 1.52. The predicted molar refractivity (Wildman–Crippen MR) is 68.2 cm³/mol. The number of alkyl halides is 3. The minimum absolute atomic E-state index is 0.0662. The van der Waals surface area contributed by atoms with E-state index in [4.69, 9.17) is 0 Å². The highest BCUT2D eigenvalue weighted by atomic mass is 32.1. The van der Waals surface area contributed by atoms with Crippen molar-refractivity contribution in [3.8, 4) is 0 Å². The lowest BCUT2D eigenvalue weighted by Crippen LogP contribution is -2.12. The van der Waals surface area contributed by atoms with E-state index in [0.717, 1.165) is 10.9 Å². The van der Waals surface area contributed by atoms with Crippen molar-refractivity contribution in [1.29, 1.82) is 0 Å². The Morgan fingerprint density at radius 2 is 2.11 bits per heavy atom. The fourth-order valence-corrected chi connectivity index (χ4v) is 2.03. The number of thiophene rings is 1. The van der Waals surface area contributed by atoms with Gasteiger partial charge in [-0.15, -0.1) is 11.3 Å². The van der Waals surface area contributed by atoms with Gasteiger partial charge in [-0.2, -0.15) is 18.2 Å². The molecule has 0 aliphatic rings. The van der Waals surface area contributed by atoms with Gasteiger partial charge in [0.15, 0.2) is 5.69 Å². The lowest BCUT2D eigenvalue weighted by molar-refractivity contribution is -0.141. The van der Waals surface area contributed by atoms with Gasteiger partial charge in [0.1, 0.15) is 5.82 Å². The zero-order valence-corrected chi connectivity index (χ0v) is 10.8. The van der Waals surface area contributed by atoms with Crippen LogP contribution < -0.4 is 10.6 Å². The summed E-state index contributed by atoms with van der Waals surface area (Å²) in [5.74, 6) is 0.0728. The van der Waals surface area contributed by atoms with Crippen LogP contribution in [0.25, 0.3) is 0 Å². The van der Waals surface area contributed by atoms with Gasteiger partial charge in [0.05, 0.1) is 6.54 Å².